The molecule has 4 rings (SSSR count). The fraction of sp³-hybridized carbons (Fsp3) is 0.320. The summed E-state index contributed by atoms with van der Waals surface area (Å²) in [6, 6.07) is 13.9. The van der Waals surface area contributed by atoms with E-state index in [1.807, 2.05) is 36.1 Å². The Hall–Kier alpha value is -3.52. The average molecular weight is 450 g/mol. The van der Waals surface area contributed by atoms with Crippen molar-refractivity contribution in [1.82, 2.24) is 24.5 Å². The van der Waals surface area contributed by atoms with Crippen molar-refractivity contribution in [2.45, 2.75) is 6.92 Å². The molecule has 1 aliphatic rings. The van der Waals surface area contributed by atoms with E-state index in [2.05, 4.69) is 4.90 Å². The number of benzene rings is 2. The van der Waals surface area contributed by atoms with Crippen molar-refractivity contribution in [2.75, 3.05) is 46.8 Å². The van der Waals surface area contributed by atoms with Gasteiger partial charge in [0.2, 0.25) is 5.91 Å². The Balaban J connectivity index is 1.60. The number of carbonyl (C=O) groups is 2. The molecule has 0 radical (unpaired) electrons. The van der Waals surface area contributed by atoms with Gasteiger partial charge in [-0.15, -0.1) is 0 Å². The van der Waals surface area contributed by atoms with Crippen molar-refractivity contribution >= 4 is 11.8 Å². The molecule has 1 aliphatic heterocycles. The Kier molecular flexibility index (Phi) is 6.55. The zero-order chi connectivity index (χ0) is 23.5. The molecular weight excluding hydrogens is 421 g/mol. The molecule has 33 heavy (non-hydrogen) atoms. The van der Waals surface area contributed by atoms with Crippen LogP contribution in [0, 0.1) is 12.7 Å². The molecule has 0 unspecified atom stereocenters. The number of amides is 2. The molecule has 172 valence electrons. The van der Waals surface area contributed by atoms with Crippen LogP contribution in [0.1, 0.15) is 15.9 Å². The minimum absolute atomic E-state index is 0.0529. The molecule has 2 aromatic carbocycles. The van der Waals surface area contributed by atoms with Crippen LogP contribution in [0.4, 0.5) is 4.39 Å². The molecule has 3 aromatic rings. The summed E-state index contributed by atoms with van der Waals surface area (Å²) in [5.74, 6) is -0.373. The maximum absolute atomic E-state index is 13.5. The molecular formula is C25H28FN5O2. The quantitative estimate of drug-likeness (QED) is 0.601. The summed E-state index contributed by atoms with van der Waals surface area (Å²) in [6.45, 7) is 4.69. The molecule has 2 amide bonds. The largest absolute Gasteiger partial charge is 0.348 e. The van der Waals surface area contributed by atoms with Crippen LogP contribution in [-0.2, 0) is 4.79 Å². The summed E-state index contributed by atoms with van der Waals surface area (Å²) >= 11 is 0. The maximum atomic E-state index is 13.5. The number of likely N-dealkylation sites (N-methyl/N-ethyl adjacent to an activating group) is 1. The topological polar surface area (TPSA) is 61.7 Å². The fourth-order valence-electron chi connectivity index (χ4n) is 3.87. The Labute approximate surface area is 193 Å². The lowest BCUT2D eigenvalue weighted by molar-refractivity contribution is -0.130. The second kappa shape index (κ2) is 9.54. The molecule has 1 aromatic heterocycles. The van der Waals surface area contributed by atoms with Crippen LogP contribution in [0.15, 0.2) is 54.7 Å². The molecule has 0 spiro atoms. The molecule has 0 N–H and O–H groups in total. The van der Waals surface area contributed by atoms with Gasteiger partial charge in [-0.1, -0.05) is 23.8 Å². The van der Waals surface area contributed by atoms with Crippen LogP contribution < -0.4 is 0 Å². The average Bonchev–Trinajstić information content (AvgIpc) is 3.25. The Morgan fingerprint density at radius 2 is 1.73 bits per heavy atom. The number of hydrogen-bond donors (Lipinski definition) is 0. The molecule has 8 heteroatoms. The fourth-order valence-corrected chi connectivity index (χ4v) is 3.87. The van der Waals surface area contributed by atoms with Gasteiger partial charge in [0, 0.05) is 52.0 Å². The predicted molar refractivity (Wildman–Crippen MR) is 125 cm³/mol. The van der Waals surface area contributed by atoms with Crippen LogP contribution in [0.3, 0.4) is 0 Å². The smallest absolute Gasteiger partial charge is 0.257 e. The van der Waals surface area contributed by atoms with Gasteiger partial charge >= 0.3 is 0 Å². The van der Waals surface area contributed by atoms with E-state index in [9.17, 15) is 14.0 Å². The molecule has 0 atom stereocenters. The number of aryl methyl sites for hydroxylation is 1. The zero-order valence-corrected chi connectivity index (χ0v) is 19.2. The third-order valence-electron chi connectivity index (χ3n) is 5.84. The summed E-state index contributed by atoms with van der Waals surface area (Å²) in [5, 5.41) is 4.70. The van der Waals surface area contributed by atoms with Crippen molar-refractivity contribution in [1.29, 1.82) is 0 Å². The van der Waals surface area contributed by atoms with E-state index in [1.165, 1.54) is 12.1 Å². The van der Waals surface area contributed by atoms with Gasteiger partial charge in [-0.25, -0.2) is 9.07 Å². The standard InChI is InChI=1S/C25H28FN5O2/c1-18-5-4-6-19(15-18)24-22(16-31(27-24)21-9-7-20(26)8-10-21)25(33)30-13-11-29(12-14-30)17-23(32)28(2)3/h4-10,15-16H,11-14,17H2,1-3H3. The predicted octanol–water partition coefficient (Wildman–Crippen LogP) is 2.83. The highest BCUT2D eigenvalue weighted by Crippen LogP contribution is 2.26. The molecule has 7 nitrogen and oxygen atoms in total. The Morgan fingerprint density at radius 3 is 2.36 bits per heavy atom. The summed E-state index contributed by atoms with van der Waals surface area (Å²) in [4.78, 5) is 31.0. The van der Waals surface area contributed by atoms with Crippen LogP contribution in [0.25, 0.3) is 16.9 Å². The van der Waals surface area contributed by atoms with Gasteiger partial charge in [0.25, 0.3) is 5.91 Å². The van der Waals surface area contributed by atoms with Crippen molar-refractivity contribution in [3.63, 3.8) is 0 Å². The molecule has 0 saturated carbocycles. The van der Waals surface area contributed by atoms with Crippen molar-refractivity contribution in [2.24, 2.45) is 0 Å². The van der Waals surface area contributed by atoms with Gasteiger partial charge in [0.15, 0.2) is 0 Å². The van der Waals surface area contributed by atoms with Crippen molar-refractivity contribution in [3.05, 3.63) is 71.7 Å². The first-order valence-corrected chi connectivity index (χ1v) is 11.0. The number of rotatable bonds is 5. The normalized spacial score (nSPS) is 14.4. The van der Waals surface area contributed by atoms with E-state index in [-0.39, 0.29) is 17.6 Å². The number of aromatic nitrogens is 2. The molecule has 1 saturated heterocycles. The lowest BCUT2D eigenvalue weighted by Gasteiger charge is -2.34. The van der Waals surface area contributed by atoms with Crippen molar-refractivity contribution < 1.29 is 14.0 Å². The minimum atomic E-state index is -0.327. The summed E-state index contributed by atoms with van der Waals surface area (Å²) in [7, 11) is 3.49. The highest BCUT2D eigenvalue weighted by molar-refractivity contribution is 6.00. The monoisotopic (exact) mass is 449 g/mol. The van der Waals surface area contributed by atoms with E-state index in [0.29, 0.717) is 49.7 Å². The van der Waals surface area contributed by atoms with Gasteiger partial charge in [0.05, 0.1) is 17.8 Å². The maximum Gasteiger partial charge on any atom is 0.257 e. The lowest BCUT2D eigenvalue weighted by atomic mass is 10.0. The van der Waals surface area contributed by atoms with Crippen LogP contribution in [0.2, 0.25) is 0 Å². The van der Waals surface area contributed by atoms with E-state index in [0.717, 1.165) is 11.1 Å². The van der Waals surface area contributed by atoms with E-state index >= 15 is 0 Å². The first-order chi connectivity index (χ1) is 15.8. The molecule has 2 heterocycles. The summed E-state index contributed by atoms with van der Waals surface area (Å²) in [6.07, 6.45) is 1.72. The van der Waals surface area contributed by atoms with Gasteiger partial charge in [-0.05, 0) is 37.3 Å². The van der Waals surface area contributed by atoms with E-state index in [1.54, 1.807) is 42.0 Å². The SMILES string of the molecule is Cc1cccc(-c2nn(-c3ccc(F)cc3)cc2C(=O)N2CCN(CC(=O)N(C)C)CC2)c1. The highest BCUT2D eigenvalue weighted by atomic mass is 19.1. The second-order valence-corrected chi connectivity index (χ2v) is 8.54. The molecule has 0 aliphatic carbocycles. The van der Waals surface area contributed by atoms with Gasteiger partial charge in [-0.3, -0.25) is 14.5 Å². The Bertz CT molecular complexity index is 1150. The Morgan fingerprint density at radius 1 is 1.03 bits per heavy atom. The van der Waals surface area contributed by atoms with Gasteiger partial charge < -0.3 is 9.80 Å². The van der Waals surface area contributed by atoms with Crippen LogP contribution in [0.5, 0.6) is 0 Å². The van der Waals surface area contributed by atoms with E-state index < -0.39 is 0 Å². The van der Waals surface area contributed by atoms with Crippen molar-refractivity contribution in [3.8, 4) is 16.9 Å². The number of piperazine rings is 1. The zero-order valence-electron chi connectivity index (χ0n) is 19.2. The highest BCUT2D eigenvalue weighted by Gasteiger charge is 2.27. The summed E-state index contributed by atoms with van der Waals surface area (Å²) in [5.41, 5.74) is 3.70. The summed E-state index contributed by atoms with van der Waals surface area (Å²) < 4.78 is 15.0. The first kappa shape index (κ1) is 22.7. The van der Waals surface area contributed by atoms with E-state index in [4.69, 9.17) is 5.10 Å². The first-order valence-electron chi connectivity index (χ1n) is 11.0. The number of carbonyl (C=O) groups excluding carboxylic acids is 2. The second-order valence-electron chi connectivity index (χ2n) is 8.54. The lowest BCUT2D eigenvalue weighted by Crippen LogP contribution is -2.51. The number of nitrogens with zero attached hydrogens (tertiary/aromatic N) is 5. The third kappa shape index (κ3) is 5.12. The number of hydrogen-bond acceptors (Lipinski definition) is 4. The number of halogens is 1. The minimum Gasteiger partial charge on any atom is -0.348 e. The van der Waals surface area contributed by atoms with Gasteiger partial charge in [-0.2, -0.15) is 5.10 Å². The van der Waals surface area contributed by atoms with Crippen LogP contribution >= 0.6 is 0 Å². The van der Waals surface area contributed by atoms with Crippen LogP contribution in [-0.4, -0.2) is 83.1 Å². The third-order valence-corrected chi connectivity index (χ3v) is 5.84. The van der Waals surface area contributed by atoms with Gasteiger partial charge in [0.1, 0.15) is 11.5 Å². The molecule has 1 fully saturated rings. The molecule has 0 bridgehead atoms.